The highest BCUT2D eigenvalue weighted by Gasteiger charge is 2.42. The standard InChI is InChI=1S/C25H31N3O2/c26-24(27-29)13-14-28-19-11-12-20(28)16-21(15-19)30-25-22-7-3-1-5-17(22)9-10-18-6-2-4-8-23(18)25/h1-8,19-21,25,29H,9-16H2,(H2,26,27). The molecule has 30 heavy (non-hydrogen) atoms. The van der Waals surface area contributed by atoms with Gasteiger partial charge in [-0.25, -0.2) is 0 Å². The molecule has 2 aliphatic heterocycles. The van der Waals surface area contributed by atoms with Gasteiger partial charge in [-0.05, 0) is 60.8 Å². The molecule has 3 aliphatic rings. The zero-order valence-corrected chi connectivity index (χ0v) is 17.4. The molecule has 2 bridgehead atoms. The lowest BCUT2D eigenvalue weighted by Crippen LogP contribution is -2.46. The van der Waals surface area contributed by atoms with Crippen LogP contribution in [0.15, 0.2) is 53.7 Å². The van der Waals surface area contributed by atoms with E-state index in [0.717, 1.165) is 32.2 Å². The predicted octanol–water partition coefficient (Wildman–Crippen LogP) is 4.02. The number of amidine groups is 1. The van der Waals surface area contributed by atoms with Crippen molar-refractivity contribution in [3.8, 4) is 0 Å². The molecule has 2 fully saturated rings. The molecule has 3 N–H and O–H groups in total. The van der Waals surface area contributed by atoms with Gasteiger partial charge in [-0.2, -0.15) is 0 Å². The van der Waals surface area contributed by atoms with Gasteiger partial charge >= 0.3 is 0 Å². The number of aryl methyl sites for hydroxylation is 2. The molecule has 2 atom stereocenters. The van der Waals surface area contributed by atoms with E-state index in [2.05, 4.69) is 58.6 Å². The second-order valence-corrected chi connectivity index (χ2v) is 8.97. The minimum atomic E-state index is 0.0213. The van der Waals surface area contributed by atoms with Gasteiger partial charge < -0.3 is 15.7 Å². The molecule has 5 rings (SSSR count). The molecule has 1 aliphatic carbocycles. The quantitative estimate of drug-likeness (QED) is 0.341. The summed E-state index contributed by atoms with van der Waals surface area (Å²) >= 11 is 0. The average molecular weight is 406 g/mol. The number of fused-ring (bicyclic) bond motifs is 4. The molecular weight excluding hydrogens is 374 g/mol. The van der Waals surface area contributed by atoms with E-state index in [1.807, 2.05) is 0 Å². The molecule has 2 aromatic rings. The number of oxime groups is 1. The van der Waals surface area contributed by atoms with E-state index in [-0.39, 0.29) is 12.2 Å². The van der Waals surface area contributed by atoms with Gasteiger partial charge in [0, 0.05) is 25.0 Å². The van der Waals surface area contributed by atoms with Crippen molar-refractivity contribution in [3.05, 3.63) is 70.8 Å². The Morgan fingerprint density at radius 3 is 2.10 bits per heavy atom. The van der Waals surface area contributed by atoms with Crippen molar-refractivity contribution in [1.29, 1.82) is 0 Å². The Hall–Kier alpha value is -2.37. The van der Waals surface area contributed by atoms with Crippen LogP contribution in [0.1, 0.15) is 60.5 Å². The van der Waals surface area contributed by atoms with E-state index in [9.17, 15) is 0 Å². The Labute approximate surface area is 178 Å². The first-order valence-corrected chi connectivity index (χ1v) is 11.3. The van der Waals surface area contributed by atoms with Crippen LogP contribution in [0.4, 0.5) is 0 Å². The lowest BCUT2D eigenvalue weighted by molar-refractivity contribution is -0.0477. The number of nitrogens with zero attached hydrogens (tertiary/aromatic N) is 2. The van der Waals surface area contributed by atoms with Crippen LogP contribution in [0, 0.1) is 0 Å². The molecule has 2 heterocycles. The Morgan fingerprint density at radius 2 is 1.53 bits per heavy atom. The van der Waals surface area contributed by atoms with Crippen molar-refractivity contribution in [1.82, 2.24) is 4.90 Å². The molecule has 0 aromatic heterocycles. The van der Waals surface area contributed by atoms with Crippen molar-refractivity contribution < 1.29 is 9.94 Å². The summed E-state index contributed by atoms with van der Waals surface area (Å²) in [5.41, 5.74) is 11.2. The number of hydrogen-bond acceptors (Lipinski definition) is 4. The molecule has 0 radical (unpaired) electrons. The zero-order chi connectivity index (χ0) is 20.5. The Bertz CT molecular complexity index is 867. The normalized spacial score (nSPS) is 26.8. The summed E-state index contributed by atoms with van der Waals surface area (Å²) in [6.45, 7) is 0.868. The summed E-state index contributed by atoms with van der Waals surface area (Å²) < 4.78 is 6.93. The summed E-state index contributed by atoms with van der Waals surface area (Å²) in [4.78, 5) is 2.56. The van der Waals surface area contributed by atoms with Crippen LogP contribution in [0.3, 0.4) is 0 Å². The smallest absolute Gasteiger partial charge is 0.140 e. The molecule has 2 saturated heterocycles. The van der Waals surface area contributed by atoms with E-state index in [4.69, 9.17) is 15.7 Å². The minimum absolute atomic E-state index is 0.0213. The minimum Gasteiger partial charge on any atom is -0.409 e. The molecular formula is C25H31N3O2. The number of nitrogens with two attached hydrogens (primary N) is 1. The van der Waals surface area contributed by atoms with Gasteiger partial charge in [0.1, 0.15) is 11.9 Å². The highest BCUT2D eigenvalue weighted by Crippen LogP contribution is 2.41. The van der Waals surface area contributed by atoms with Crippen molar-refractivity contribution in [3.63, 3.8) is 0 Å². The number of benzene rings is 2. The van der Waals surface area contributed by atoms with Gasteiger partial charge in [-0.3, -0.25) is 4.90 Å². The van der Waals surface area contributed by atoms with Gasteiger partial charge in [-0.1, -0.05) is 53.7 Å². The molecule has 5 heteroatoms. The predicted molar refractivity (Wildman–Crippen MR) is 118 cm³/mol. The third kappa shape index (κ3) is 3.72. The zero-order valence-electron chi connectivity index (χ0n) is 17.4. The van der Waals surface area contributed by atoms with Crippen LogP contribution in [-0.2, 0) is 17.6 Å². The van der Waals surface area contributed by atoms with Crippen LogP contribution in [0.25, 0.3) is 0 Å². The second kappa shape index (κ2) is 8.40. The van der Waals surface area contributed by atoms with Crippen LogP contribution in [0.5, 0.6) is 0 Å². The lowest BCUT2D eigenvalue weighted by atomic mass is 9.95. The van der Waals surface area contributed by atoms with E-state index >= 15 is 0 Å². The largest absolute Gasteiger partial charge is 0.409 e. The fourth-order valence-corrected chi connectivity index (χ4v) is 5.81. The SMILES string of the molecule is N/C(CCN1C2CCC1CC(OC1c3ccccc3CCc3ccccc31)C2)=N\O. The number of ether oxygens (including phenoxy) is 1. The van der Waals surface area contributed by atoms with Crippen LogP contribution in [0.2, 0.25) is 0 Å². The fourth-order valence-electron chi connectivity index (χ4n) is 5.81. The van der Waals surface area contributed by atoms with E-state index in [0.29, 0.717) is 24.3 Å². The third-order valence-corrected chi connectivity index (χ3v) is 7.26. The number of rotatable bonds is 5. The number of piperidine rings is 1. The monoisotopic (exact) mass is 405 g/mol. The van der Waals surface area contributed by atoms with Crippen molar-refractivity contribution in [2.24, 2.45) is 10.9 Å². The maximum absolute atomic E-state index is 8.84. The molecule has 0 saturated carbocycles. The number of hydrogen-bond donors (Lipinski definition) is 2. The van der Waals surface area contributed by atoms with Crippen LogP contribution < -0.4 is 5.73 Å². The Kier molecular flexibility index (Phi) is 5.48. The topological polar surface area (TPSA) is 71.1 Å². The molecule has 5 nitrogen and oxygen atoms in total. The average Bonchev–Trinajstić information content (AvgIpc) is 2.94. The first kappa shape index (κ1) is 19.6. The van der Waals surface area contributed by atoms with E-state index < -0.39 is 0 Å². The van der Waals surface area contributed by atoms with E-state index in [1.54, 1.807) is 0 Å². The summed E-state index contributed by atoms with van der Waals surface area (Å²) in [7, 11) is 0. The van der Waals surface area contributed by atoms with Gasteiger partial charge in [-0.15, -0.1) is 0 Å². The van der Waals surface area contributed by atoms with Gasteiger partial charge in [0.25, 0.3) is 0 Å². The molecule has 0 spiro atoms. The summed E-state index contributed by atoms with van der Waals surface area (Å²) in [5.74, 6) is 0.319. The van der Waals surface area contributed by atoms with Gasteiger partial charge in [0.05, 0.1) is 6.10 Å². The Balaban J connectivity index is 1.36. The maximum Gasteiger partial charge on any atom is 0.140 e. The van der Waals surface area contributed by atoms with E-state index in [1.165, 1.54) is 35.1 Å². The maximum atomic E-state index is 8.84. The molecule has 158 valence electrons. The highest BCUT2D eigenvalue weighted by atomic mass is 16.5. The highest BCUT2D eigenvalue weighted by molar-refractivity contribution is 5.79. The first-order chi connectivity index (χ1) is 14.7. The van der Waals surface area contributed by atoms with Crippen molar-refractivity contribution in [2.45, 2.75) is 69.2 Å². The van der Waals surface area contributed by atoms with Crippen LogP contribution in [-0.4, -0.2) is 40.7 Å². The molecule has 0 amide bonds. The second-order valence-electron chi connectivity index (χ2n) is 8.97. The molecule has 2 unspecified atom stereocenters. The van der Waals surface area contributed by atoms with Crippen LogP contribution >= 0.6 is 0 Å². The fraction of sp³-hybridized carbons (Fsp3) is 0.480. The van der Waals surface area contributed by atoms with Crippen molar-refractivity contribution in [2.75, 3.05) is 6.54 Å². The van der Waals surface area contributed by atoms with Gasteiger partial charge in [0.15, 0.2) is 0 Å². The molecule has 2 aromatic carbocycles. The summed E-state index contributed by atoms with van der Waals surface area (Å²) in [5, 5.41) is 12.0. The lowest BCUT2D eigenvalue weighted by Gasteiger charge is -2.40. The van der Waals surface area contributed by atoms with Crippen molar-refractivity contribution >= 4 is 5.84 Å². The Morgan fingerprint density at radius 1 is 0.967 bits per heavy atom. The third-order valence-electron chi connectivity index (χ3n) is 7.26. The van der Waals surface area contributed by atoms with Gasteiger partial charge in [0.2, 0.25) is 0 Å². The summed E-state index contributed by atoms with van der Waals surface area (Å²) in [6.07, 6.45) is 7.63. The first-order valence-electron chi connectivity index (χ1n) is 11.3. The summed E-state index contributed by atoms with van der Waals surface area (Å²) in [6, 6.07) is 18.7.